The van der Waals surface area contributed by atoms with Crippen LogP contribution in [0.2, 0.25) is 0 Å². The van der Waals surface area contributed by atoms with Crippen molar-refractivity contribution in [3.8, 4) is 0 Å². The summed E-state index contributed by atoms with van der Waals surface area (Å²) < 4.78 is 36.6. The van der Waals surface area contributed by atoms with Gasteiger partial charge in [0, 0.05) is 4.47 Å². The number of aliphatic hydroxyl groups excluding tert-OH is 1. The molecule has 82 valence electrons. The molecule has 15 heavy (non-hydrogen) atoms. The zero-order valence-corrected chi connectivity index (χ0v) is 9.09. The first-order valence-electron chi connectivity index (χ1n) is 4.08. The van der Waals surface area contributed by atoms with Crippen LogP contribution in [0.3, 0.4) is 0 Å². The van der Waals surface area contributed by atoms with Crippen molar-refractivity contribution in [3.63, 3.8) is 0 Å². The molecule has 1 atom stereocenters. The Morgan fingerprint density at radius 1 is 1.20 bits per heavy atom. The summed E-state index contributed by atoms with van der Waals surface area (Å²) in [6.45, 7) is 0. The van der Waals surface area contributed by atoms with Gasteiger partial charge in [-0.15, -0.1) is 0 Å². The Balaban J connectivity index is 2.70. The minimum atomic E-state index is -4.61. The van der Waals surface area contributed by atoms with Gasteiger partial charge in [-0.3, -0.25) is 0 Å². The number of alkyl halides is 3. The Morgan fingerprint density at radius 2 is 1.73 bits per heavy atom. The highest BCUT2D eigenvalue weighted by Gasteiger charge is 2.35. The molecule has 5 heteroatoms. The highest BCUT2D eigenvalue weighted by atomic mass is 79.9. The van der Waals surface area contributed by atoms with Crippen LogP contribution in [0.25, 0.3) is 6.08 Å². The first-order chi connectivity index (χ1) is 6.89. The lowest BCUT2D eigenvalue weighted by molar-refractivity contribution is -0.187. The van der Waals surface area contributed by atoms with E-state index in [9.17, 15) is 13.2 Å². The van der Waals surface area contributed by atoms with Gasteiger partial charge >= 0.3 is 6.18 Å². The number of hydrogen-bond donors (Lipinski definition) is 1. The van der Waals surface area contributed by atoms with E-state index in [-0.39, 0.29) is 0 Å². The number of aliphatic hydroxyl groups is 1. The van der Waals surface area contributed by atoms with Crippen molar-refractivity contribution >= 4 is 22.0 Å². The van der Waals surface area contributed by atoms with Crippen molar-refractivity contribution < 1.29 is 18.3 Å². The fourth-order valence-electron chi connectivity index (χ4n) is 0.885. The molecule has 0 radical (unpaired) electrons. The van der Waals surface area contributed by atoms with Crippen LogP contribution in [0, 0.1) is 0 Å². The Morgan fingerprint density at radius 3 is 2.20 bits per heavy atom. The summed E-state index contributed by atoms with van der Waals surface area (Å²) in [6.07, 6.45) is -5.08. The molecule has 0 aliphatic rings. The van der Waals surface area contributed by atoms with Gasteiger partial charge in [0.25, 0.3) is 0 Å². The molecule has 0 bridgehead atoms. The molecule has 0 amide bonds. The van der Waals surface area contributed by atoms with Gasteiger partial charge in [0.2, 0.25) is 0 Å². The average molecular weight is 281 g/mol. The average Bonchev–Trinajstić information content (AvgIpc) is 2.15. The maximum Gasteiger partial charge on any atom is 0.417 e. The maximum atomic E-state index is 11.9. The summed E-state index contributed by atoms with van der Waals surface area (Å²) in [7, 11) is 0. The lowest BCUT2D eigenvalue weighted by Crippen LogP contribution is -2.25. The first kappa shape index (κ1) is 12.3. The van der Waals surface area contributed by atoms with Crippen molar-refractivity contribution in [1.82, 2.24) is 0 Å². The SMILES string of the molecule is O[C@@H](/C=C/c1ccc(Br)cc1)C(F)(F)F. The standard InChI is InChI=1S/C10H8BrF3O/c11-8-4-1-7(2-5-8)3-6-9(15)10(12,13)14/h1-6,9,15H/b6-3+/t9-/m0/s1. The van der Waals surface area contributed by atoms with Gasteiger partial charge in [0.15, 0.2) is 6.10 Å². The fraction of sp³-hybridized carbons (Fsp3) is 0.200. The minimum absolute atomic E-state index is 0.599. The summed E-state index contributed by atoms with van der Waals surface area (Å²) in [5.74, 6) is 0. The molecule has 0 saturated carbocycles. The van der Waals surface area contributed by atoms with Gasteiger partial charge in [-0.25, -0.2) is 0 Å². The molecule has 1 nitrogen and oxygen atoms in total. The largest absolute Gasteiger partial charge is 0.417 e. The van der Waals surface area contributed by atoms with Crippen LogP contribution in [0.5, 0.6) is 0 Å². The summed E-state index contributed by atoms with van der Waals surface area (Å²) in [6, 6.07) is 6.70. The monoisotopic (exact) mass is 280 g/mol. The van der Waals surface area contributed by atoms with Crippen molar-refractivity contribution in [2.24, 2.45) is 0 Å². The molecule has 0 spiro atoms. The van der Waals surface area contributed by atoms with E-state index in [2.05, 4.69) is 15.9 Å². The Bertz CT molecular complexity index is 343. The van der Waals surface area contributed by atoms with E-state index in [1.807, 2.05) is 0 Å². The summed E-state index contributed by atoms with van der Waals surface area (Å²) in [5, 5.41) is 8.68. The molecule has 1 aromatic rings. The van der Waals surface area contributed by atoms with Gasteiger partial charge in [-0.2, -0.15) is 13.2 Å². The number of hydrogen-bond acceptors (Lipinski definition) is 1. The zero-order valence-electron chi connectivity index (χ0n) is 7.50. The Labute approximate surface area is 93.4 Å². The molecule has 1 aromatic carbocycles. The predicted molar refractivity (Wildman–Crippen MR) is 55.2 cm³/mol. The second-order valence-electron chi connectivity index (χ2n) is 2.90. The molecule has 1 rings (SSSR count). The summed E-state index contributed by atoms with van der Waals surface area (Å²) >= 11 is 3.20. The fourth-order valence-corrected chi connectivity index (χ4v) is 1.15. The smallest absolute Gasteiger partial charge is 0.380 e. The molecule has 0 saturated heterocycles. The van der Waals surface area contributed by atoms with Gasteiger partial charge in [-0.1, -0.05) is 34.1 Å². The van der Waals surface area contributed by atoms with Crippen LogP contribution in [0.1, 0.15) is 5.56 Å². The molecular weight excluding hydrogens is 273 g/mol. The van der Waals surface area contributed by atoms with Crippen molar-refractivity contribution in [2.45, 2.75) is 12.3 Å². The quantitative estimate of drug-likeness (QED) is 0.881. The second kappa shape index (κ2) is 4.81. The zero-order chi connectivity index (χ0) is 11.5. The van der Waals surface area contributed by atoms with E-state index < -0.39 is 12.3 Å². The first-order valence-corrected chi connectivity index (χ1v) is 4.87. The Kier molecular flexibility index (Phi) is 3.93. The minimum Gasteiger partial charge on any atom is -0.380 e. The topological polar surface area (TPSA) is 20.2 Å². The van der Waals surface area contributed by atoms with E-state index in [0.717, 1.165) is 4.47 Å². The van der Waals surface area contributed by atoms with Crippen molar-refractivity contribution in [3.05, 3.63) is 40.4 Å². The second-order valence-corrected chi connectivity index (χ2v) is 3.81. The number of rotatable bonds is 2. The van der Waals surface area contributed by atoms with Crippen LogP contribution >= 0.6 is 15.9 Å². The van der Waals surface area contributed by atoms with Gasteiger partial charge in [0.05, 0.1) is 0 Å². The van der Waals surface area contributed by atoms with Crippen molar-refractivity contribution in [2.75, 3.05) is 0 Å². The third-order valence-electron chi connectivity index (χ3n) is 1.68. The van der Waals surface area contributed by atoms with Gasteiger partial charge in [-0.05, 0) is 23.8 Å². The van der Waals surface area contributed by atoms with Crippen LogP contribution in [-0.2, 0) is 0 Å². The molecule has 0 fully saturated rings. The molecule has 0 aliphatic heterocycles. The highest BCUT2D eigenvalue weighted by Crippen LogP contribution is 2.21. The molecule has 0 heterocycles. The predicted octanol–water partition coefficient (Wildman–Crippen LogP) is 3.39. The molecule has 0 aliphatic carbocycles. The van der Waals surface area contributed by atoms with Crippen LogP contribution < -0.4 is 0 Å². The van der Waals surface area contributed by atoms with E-state index in [4.69, 9.17) is 5.11 Å². The van der Waals surface area contributed by atoms with Crippen LogP contribution in [0.4, 0.5) is 13.2 Å². The number of halogens is 4. The molecular formula is C10H8BrF3O. The normalized spacial score (nSPS) is 14.5. The van der Waals surface area contributed by atoms with Gasteiger partial charge in [0.1, 0.15) is 0 Å². The summed E-state index contributed by atoms with van der Waals surface area (Å²) in [4.78, 5) is 0. The van der Waals surface area contributed by atoms with E-state index in [0.29, 0.717) is 11.6 Å². The number of benzene rings is 1. The van der Waals surface area contributed by atoms with Crippen molar-refractivity contribution in [1.29, 1.82) is 0 Å². The molecule has 1 N–H and O–H groups in total. The summed E-state index contributed by atoms with van der Waals surface area (Å²) in [5.41, 5.74) is 0.599. The molecule has 0 unspecified atom stereocenters. The third-order valence-corrected chi connectivity index (χ3v) is 2.21. The lowest BCUT2D eigenvalue weighted by atomic mass is 10.2. The molecule has 0 aromatic heterocycles. The van der Waals surface area contributed by atoms with E-state index in [1.165, 1.54) is 6.08 Å². The van der Waals surface area contributed by atoms with Gasteiger partial charge < -0.3 is 5.11 Å². The van der Waals surface area contributed by atoms with Crippen LogP contribution in [0.15, 0.2) is 34.8 Å². The third kappa shape index (κ3) is 4.05. The van der Waals surface area contributed by atoms with Crippen LogP contribution in [-0.4, -0.2) is 17.4 Å². The maximum absolute atomic E-state index is 11.9. The highest BCUT2D eigenvalue weighted by molar-refractivity contribution is 9.10. The van der Waals surface area contributed by atoms with E-state index >= 15 is 0 Å². The Hall–Kier alpha value is -0.810. The lowest BCUT2D eigenvalue weighted by Gasteiger charge is -2.09. The van der Waals surface area contributed by atoms with E-state index in [1.54, 1.807) is 24.3 Å².